The molecule has 2 aromatic heterocycles. The van der Waals surface area contributed by atoms with E-state index >= 15 is 0 Å². The molecule has 3 atom stereocenters. The number of carbonyl (C=O) groups excluding carboxylic acids is 2. The van der Waals surface area contributed by atoms with E-state index in [2.05, 4.69) is 57.0 Å². The first-order valence-corrected chi connectivity index (χ1v) is 16.0. The molecule has 3 heterocycles. The van der Waals surface area contributed by atoms with Gasteiger partial charge in [-0.15, -0.1) is 0 Å². The van der Waals surface area contributed by atoms with E-state index < -0.39 is 11.7 Å². The molecule has 0 spiro atoms. The van der Waals surface area contributed by atoms with Gasteiger partial charge in [-0.2, -0.15) is 0 Å². The van der Waals surface area contributed by atoms with Gasteiger partial charge in [0.1, 0.15) is 16.9 Å². The number of hydrogen-bond acceptors (Lipinski definition) is 5. The Bertz CT molecular complexity index is 1760. The number of furan rings is 1. The van der Waals surface area contributed by atoms with Gasteiger partial charge in [-0.05, 0) is 95.5 Å². The van der Waals surface area contributed by atoms with Gasteiger partial charge in [-0.1, -0.05) is 22.0 Å². The molecular weight excluding hydrogens is 610 g/mol. The van der Waals surface area contributed by atoms with Crippen LogP contribution in [0.5, 0.6) is 5.75 Å². The minimum atomic E-state index is -0.577. The smallest absolute Gasteiger partial charge is 0.407 e. The van der Waals surface area contributed by atoms with Crippen LogP contribution >= 0.6 is 15.9 Å². The van der Waals surface area contributed by atoms with Crippen LogP contribution in [0.4, 0.5) is 4.79 Å². The van der Waals surface area contributed by atoms with E-state index in [1.807, 2.05) is 37.8 Å². The summed E-state index contributed by atoms with van der Waals surface area (Å²) in [5.41, 5.74) is 3.79. The first-order chi connectivity index (χ1) is 20.5. The van der Waals surface area contributed by atoms with Crippen LogP contribution in [0.2, 0.25) is 0 Å². The number of rotatable bonds is 6. The summed E-state index contributed by atoms with van der Waals surface area (Å²) in [6.07, 6.45) is 3.89. The highest BCUT2D eigenvalue weighted by Gasteiger charge is 2.50. The number of benzene rings is 2. The first-order valence-electron chi connectivity index (χ1n) is 15.2. The van der Waals surface area contributed by atoms with Crippen molar-refractivity contribution in [3.05, 3.63) is 52.0 Å². The van der Waals surface area contributed by atoms with Crippen LogP contribution < -0.4 is 10.1 Å². The minimum absolute atomic E-state index is 0.0712. The maximum atomic E-state index is 14.0. The van der Waals surface area contributed by atoms with Crippen LogP contribution in [0, 0.1) is 18.8 Å². The number of hydrogen-bond donors (Lipinski definition) is 1. The average molecular weight is 649 g/mol. The van der Waals surface area contributed by atoms with Crippen molar-refractivity contribution in [3.63, 3.8) is 0 Å². The molecular formula is C34H38BrN3O5. The third-order valence-electron chi connectivity index (χ3n) is 9.23. The zero-order valence-corrected chi connectivity index (χ0v) is 26.9. The Labute approximate surface area is 259 Å². The number of likely N-dealkylation sites (tertiary alicyclic amines) is 1. The molecule has 226 valence electrons. The fourth-order valence-corrected chi connectivity index (χ4v) is 7.45. The van der Waals surface area contributed by atoms with Crippen LogP contribution in [-0.4, -0.2) is 52.8 Å². The van der Waals surface area contributed by atoms with Crippen molar-refractivity contribution in [2.75, 3.05) is 13.7 Å². The fraction of sp³-hybridized carbons (Fsp3) is 0.471. The van der Waals surface area contributed by atoms with E-state index in [1.165, 1.54) is 23.7 Å². The van der Waals surface area contributed by atoms with Gasteiger partial charge in [0.2, 0.25) is 0 Å². The van der Waals surface area contributed by atoms with Crippen molar-refractivity contribution in [2.45, 2.75) is 77.6 Å². The Morgan fingerprint density at radius 1 is 1.09 bits per heavy atom. The maximum absolute atomic E-state index is 14.0. The van der Waals surface area contributed by atoms with Gasteiger partial charge < -0.3 is 28.7 Å². The predicted octanol–water partition coefficient (Wildman–Crippen LogP) is 7.67. The number of piperidine rings is 1. The van der Waals surface area contributed by atoms with Crippen LogP contribution in [0.1, 0.15) is 62.4 Å². The number of aromatic nitrogens is 1. The van der Waals surface area contributed by atoms with Gasteiger partial charge in [0, 0.05) is 39.6 Å². The summed E-state index contributed by atoms with van der Waals surface area (Å²) < 4.78 is 21.4. The number of amides is 2. The summed E-state index contributed by atoms with van der Waals surface area (Å²) in [5.74, 6) is 2.23. The van der Waals surface area contributed by atoms with Crippen molar-refractivity contribution in [3.8, 4) is 17.2 Å². The quantitative estimate of drug-likeness (QED) is 0.232. The Morgan fingerprint density at radius 2 is 1.88 bits per heavy atom. The number of ether oxygens (including phenoxy) is 2. The number of nitrogens with one attached hydrogen (secondary N) is 1. The Hall–Kier alpha value is -3.46. The van der Waals surface area contributed by atoms with E-state index in [1.54, 1.807) is 7.11 Å². The van der Waals surface area contributed by atoms with Gasteiger partial charge >= 0.3 is 6.09 Å². The standard InChI is InChI=1S/C34H38BrN3O5/c1-18-29-27(41-5)13-22(32(39)38-17-21-9-11-24(38)30(21)36-33(40)43-34(2,3)4)14-28(29)42-31(18)26-12-20-8-10-23(35)15-25(20)37(26)16-19-6-7-19/h8,10,12-15,19,21,24,30H,6-7,9,11,16-17H2,1-5H3,(H,36,40)/t21?,24?,30-/m1/s1. The topological polar surface area (TPSA) is 85.9 Å². The number of carbonyl (C=O) groups is 2. The normalized spacial score (nSPS) is 21.6. The Kier molecular flexibility index (Phi) is 6.80. The van der Waals surface area contributed by atoms with Crippen LogP contribution in [0.3, 0.4) is 0 Å². The predicted molar refractivity (Wildman–Crippen MR) is 170 cm³/mol. The molecule has 1 N–H and O–H groups in total. The molecule has 2 aromatic carbocycles. The number of methoxy groups -OCH3 is 1. The molecule has 2 amide bonds. The first kappa shape index (κ1) is 28.3. The monoisotopic (exact) mass is 647 g/mol. The molecule has 8 nitrogen and oxygen atoms in total. The second kappa shape index (κ2) is 10.3. The van der Waals surface area contributed by atoms with Crippen LogP contribution in [-0.2, 0) is 11.3 Å². The third kappa shape index (κ3) is 5.09. The molecule has 1 aliphatic heterocycles. The van der Waals surface area contributed by atoms with Gasteiger partial charge in [0.15, 0.2) is 5.76 Å². The lowest BCUT2D eigenvalue weighted by molar-refractivity contribution is 0.0485. The van der Waals surface area contributed by atoms with Crippen LogP contribution in [0.15, 0.2) is 45.3 Å². The highest BCUT2D eigenvalue weighted by atomic mass is 79.9. The molecule has 43 heavy (non-hydrogen) atoms. The largest absolute Gasteiger partial charge is 0.496 e. The lowest BCUT2D eigenvalue weighted by Gasteiger charge is -2.28. The van der Waals surface area contributed by atoms with Crippen molar-refractivity contribution in [1.29, 1.82) is 0 Å². The van der Waals surface area contributed by atoms with E-state index in [0.717, 1.165) is 46.3 Å². The summed E-state index contributed by atoms with van der Waals surface area (Å²) in [4.78, 5) is 28.4. The SMILES string of the molecule is COc1cc(C(=O)N2CC3CCC2[C@@H]3NC(=O)OC(C)(C)C)cc2oc(-c3cc4ccc(Br)cc4n3CC3CC3)c(C)c12. The van der Waals surface area contributed by atoms with Crippen LogP contribution in [0.25, 0.3) is 33.3 Å². The van der Waals surface area contributed by atoms with Crippen molar-refractivity contribution in [2.24, 2.45) is 11.8 Å². The van der Waals surface area contributed by atoms with Gasteiger partial charge in [-0.25, -0.2) is 4.79 Å². The van der Waals surface area contributed by atoms with E-state index in [0.29, 0.717) is 29.4 Å². The molecule has 2 saturated carbocycles. The lowest BCUT2D eigenvalue weighted by Crippen LogP contribution is -2.46. The molecule has 0 radical (unpaired) electrons. The zero-order valence-electron chi connectivity index (χ0n) is 25.3. The molecule has 3 fully saturated rings. The molecule has 9 heteroatoms. The molecule has 4 aromatic rings. The maximum Gasteiger partial charge on any atom is 0.407 e. The Morgan fingerprint density at radius 3 is 2.60 bits per heavy atom. The highest BCUT2D eigenvalue weighted by molar-refractivity contribution is 9.10. The average Bonchev–Trinajstić information content (AvgIpc) is 3.31. The summed E-state index contributed by atoms with van der Waals surface area (Å²) in [7, 11) is 1.63. The van der Waals surface area contributed by atoms with Crippen molar-refractivity contribution in [1.82, 2.24) is 14.8 Å². The third-order valence-corrected chi connectivity index (χ3v) is 9.72. The van der Waals surface area contributed by atoms with Crippen molar-refractivity contribution >= 4 is 49.8 Å². The van der Waals surface area contributed by atoms with E-state index in [-0.39, 0.29) is 23.9 Å². The number of aryl methyl sites for hydroxylation is 1. The van der Waals surface area contributed by atoms with E-state index in [4.69, 9.17) is 13.9 Å². The molecule has 2 bridgehead atoms. The number of alkyl carbamates (subject to hydrolysis) is 1. The molecule has 3 aliphatic rings. The summed E-state index contributed by atoms with van der Waals surface area (Å²) in [6, 6.07) is 12.1. The molecule has 1 saturated heterocycles. The molecule has 7 rings (SSSR count). The van der Waals surface area contributed by atoms with Gasteiger partial charge in [0.05, 0.1) is 30.3 Å². The number of fused-ring (bicyclic) bond motifs is 4. The summed E-state index contributed by atoms with van der Waals surface area (Å²) in [6.45, 7) is 9.16. The lowest BCUT2D eigenvalue weighted by atomic mass is 10.0. The van der Waals surface area contributed by atoms with Gasteiger partial charge in [-0.3, -0.25) is 4.79 Å². The fourth-order valence-electron chi connectivity index (χ4n) is 7.10. The summed E-state index contributed by atoms with van der Waals surface area (Å²) in [5, 5.41) is 5.10. The zero-order chi connectivity index (χ0) is 30.2. The van der Waals surface area contributed by atoms with Crippen molar-refractivity contribution < 1.29 is 23.5 Å². The minimum Gasteiger partial charge on any atom is -0.496 e. The number of nitrogens with zero attached hydrogens (tertiary/aromatic N) is 2. The summed E-state index contributed by atoms with van der Waals surface area (Å²) >= 11 is 3.65. The molecule has 2 unspecified atom stereocenters. The number of halogens is 1. The highest BCUT2D eigenvalue weighted by Crippen LogP contribution is 2.44. The molecule has 2 aliphatic carbocycles. The van der Waals surface area contributed by atoms with Gasteiger partial charge in [0.25, 0.3) is 5.91 Å². The Balaban J connectivity index is 1.23. The second-order valence-electron chi connectivity index (χ2n) is 13.4. The van der Waals surface area contributed by atoms with E-state index in [9.17, 15) is 9.59 Å². The second-order valence-corrected chi connectivity index (χ2v) is 14.3.